The Kier molecular flexibility index (Phi) is 1.74. The van der Waals surface area contributed by atoms with Crippen molar-refractivity contribution in [2.75, 3.05) is 0 Å². The number of sulfonamides is 1. The second kappa shape index (κ2) is 2.83. The molecule has 0 aliphatic heterocycles. The summed E-state index contributed by atoms with van der Waals surface area (Å²) in [6, 6.07) is 7.43. The van der Waals surface area contributed by atoms with Crippen LogP contribution in [0.15, 0.2) is 24.3 Å². The molecule has 0 amide bonds. The minimum atomic E-state index is -3.58. The Morgan fingerprint density at radius 1 is 1.31 bits per heavy atom. The van der Waals surface area contributed by atoms with Crippen LogP contribution in [0.4, 0.5) is 0 Å². The monoisotopic (exact) mass is 237 g/mol. The Bertz CT molecular complexity index is 656. The van der Waals surface area contributed by atoms with Gasteiger partial charge in [-0.25, -0.2) is 13.6 Å². The molecule has 0 spiro atoms. The van der Waals surface area contributed by atoms with Gasteiger partial charge in [0.1, 0.15) is 4.75 Å². The molecule has 0 unspecified atom stereocenters. The van der Waals surface area contributed by atoms with E-state index in [-0.39, 0.29) is 0 Å². The average Bonchev–Trinajstić information content (AvgIpc) is 2.93. The summed E-state index contributed by atoms with van der Waals surface area (Å²) < 4.78 is 22.2. The molecule has 1 aromatic carbocycles. The zero-order valence-corrected chi connectivity index (χ0v) is 9.29. The number of fused-ring (bicyclic) bond motifs is 1. The molecule has 0 saturated heterocycles. The number of aromatic amines is 1. The predicted octanol–water partition coefficient (Wildman–Crippen LogP) is 0.840. The van der Waals surface area contributed by atoms with Crippen LogP contribution in [0.5, 0.6) is 0 Å². The number of aromatic nitrogens is 2. The topological polar surface area (TPSA) is 88.8 Å². The van der Waals surface area contributed by atoms with Gasteiger partial charge in [-0.15, -0.1) is 0 Å². The van der Waals surface area contributed by atoms with Crippen molar-refractivity contribution in [3.8, 4) is 0 Å². The summed E-state index contributed by atoms with van der Waals surface area (Å²) in [5, 5.41) is 13.0. The maximum Gasteiger partial charge on any atom is 0.220 e. The number of rotatable bonds is 2. The van der Waals surface area contributed by atoms with Gasteiger partial charge in [0.25, 0.3) is 0 Å². The van der Waals surface area contributed by atoms with Crippen molar-refractivity contribution in [2.45, 2.75) is 17.6 Å². The van der Waals surface area contributed by atoms with E-state index in [1.54, 1.807) is 0 Å². The minimum absolute atomic E-state index is 0.567. The largest absolute Gasteiger partial charge is 0.280 e. The molecule has 1 aliphatic carbocycles. The van der Waals surface area contributed by atoms with Crippen molar-refractivity contribution < 1.29 is 8.42 Å². The van der Waals surface area contributed by atoms with Gasteiger partial charge in [0.05, 0.1) is 11.2 Å². The zero-order chi connectivity index (χ0) is 11.4. The van der Waals surface area contributed by atoms with Crippen LogP contribution in [0.25, 0.3) is 10.9 Å². The lowest BCUT2D eigenvalue weighted by atomic mass is 10.1. The fraction of sp³-hybridized carbons (Fsp3) is 0.300. The van der Waals surface area contributed by atoms with Crippen molar-refractivity contribution in [1.82, 2.24) is 10.2 Å². The normalized spacial score (nSPS) is 18.8. The molecule has 5 nitrogen and oxygen atoms in total. The third-order valence-corrected chi connectivity index (χ3v) is 4.87. The highest BCUT2D eigenvalue weighted by molar-refractivity contribution is 7.90. The summed E-state index contributed by atoms with van der Waals surface area (Å²) in [6.07, 6.45) is 1.13. The van der Waals surface area contributed by atoms with Gasteiger partial charge in [-0.2, -0.15) is 5.10 Å². The number of hydrogen-bond acceptors (Lipinski definition) is 3. The Balaban J connectivity index is 2.29. The van der Waals surface area contributed by atoms with Crippen LogP contribution in [0, 0.1) is 0 Å². The zero-order valence-electron chi connectivity index (χ0n) is 8.47. The van der Waals surface area contributed by atoms with E-state index in [1.807, 2.05) is 24.3 Å². The quantitative estimate of drug-likeness (QED) is 0.811. The fourth-order valence-corrected chi connectivity index (χ4v) is 3.21. The van der Waals surface area contributed by atoms with Gasteiger partial charge in [0.2, 0.25) is 10.0 Å². The number of benzene rings is 1. The lowest BCUT2D eigenvalue weighted by molar-refractivity contribution is 0.580. The van der Waals surface area contributed by atoms with Crippen LogP contribution in [0.2, 0.25) is 0 Å². The third kappa shape index (κ3) is 1.14. The van der Waals surface area contributed by atoms with Gasteiger partial charge in [-0.05, 0) is 18.9 Å². The highest BCUT2D eigenvalue weighted by Gasteiger charge is 2.56. The van der Waals surface area contributed by atoms with Crippen molar-refractivity contribution >= 4 is 20.9 Å². The molecule has 6 heteroatoms. The number of primary sulfonamides is 1. The summed E-state index contributed by atoms with van der Waals surface area (Å²) in [6.45, 7) is 0. The molecule has 1 aromatic heterocycles. The lowest BCUT2D eigenvalue weighted by Gasteiger charge is -2.10. The van der Waals surface area contributed by atoms with Crippen LogP contribution in [-0.4, -0.2) is 18.6 Å². The molecule has 1 fully saturated rings. The van der Waals surface area contributed by atoms with Gasteiger partial charge in [-0.3, -0.25) is 5.10 Å². The van der Waals surface area contributed by atoms with Gasteiger partial charge >= 0.3 is 0 Å². The van der Waals surface area contributed by atoms with Crippen molar-refractivity contribution in [1.29, 1.82) is 0 Å². The van der Waals surface area contributed by atoms with Gasteiger partial charge in [0.15, 0.2) is 0 Å². The van der Waals surface area contributed by atoms with E-state index in [2.05, 4.69) is 10.2 Å². The number of hydrogen-bond donors (Lipinski definition) is 2. The number of nitrogens with one attached hydrogen (secondary N) is 1. The second-order valence-electron chi connectivity index (χ2n) is 4.16. The second-order valence-corrected chi connectivity index (χ2v) is 6.03. The predicted molar refractivity (Wildman–Crippen MR) is 60.1 cm³/mol. The van der Waals surface area contributed by atoms with Crippen LogP contribution in [0.3, 0.4) is 0 Å². The standard InChI is InChI=1S/C10H11N3O2S/c11-16(14,15)10(5-6-10)9-7-3-1-2-4-8(7)12-13-9/h1-4H,5-6H2,(H,12,13)(H2,11,14,15). The summed E-state index contributed by atoms with van der Waals surface area (Å²) >= 11 is 0. The Morgan fingerprint density at radius 2 is 2.00 bits per heavy atom. The van der Waals surface area contributed by atoms with Crippen LogP contribution in [-0.2, 0) is 14.8 Å². The highest BCUT2D eigenvalue weighted by Crippen LogP contribution is 2.52. The first-order chi connectivity index (χ1) is 7.55. The van der Waals surface area contributed by atoms with E-state index in [0.29, 0.717) is 18.5 Å². The molecule has 3 rings (SSSR count). The van der Waals surface area contributed by atoms with E-state index < -0.39 is 14.8 Å². The van der Waals surface area contributed by atoms with Crippen molar-refractivity contribution in [3.05, 3.63) is 30.0 Å². The summed E-state index contributed by atoms with van der Waals surface area (Å²) in [5.74, 6) is 0. The number of nitrogens with zero attached hydrogens (tertiary/aromatic N) is 1. The Hall–Kier alpha value is -1.40. The van der Waals surface area contributed by atoms with Gasteiger partial charge < -0.3 is 0 Å². The minimum Gasteiger partial charge on any atom is -0.280 e. The first kappa shape index (κ1) is 9.80. The molecule has 0 radical (unpaired) electrons. The molecule has 1 heterocycles. The summed E-state index contributed by atoms with van der Waals surface area (Å²) in [7, 11) is -3.58. The third-order valence-electron chi connectivity index (χ3n) is 3.17. The molecule has 2 aromatic rings. The van der Waals surface area contributed by atoms with Crippen molar-refractivity contribution in [3.63, 3.8) is 0 Å². The van der Waals surface area contributed by atoms with E-state index in [4.69, 9.17) is 5.14 Å². The molecule has 16 heavy (non-hydrogen) atoms. The van der Waals surface area contributed by atoms with E-state index >= 15 is 0 Å². The summed E-state index contributed by atoms with van der Waals surface area (Å²) in [5.41, 5.74) is 1.40. The van der Waals surface area contributed by atoms with Crippen molar-refractivity contribution in [2.24, 2.45) is 5.14 Å². The molecule has 3 N–H and O–H groups in total. The molecule has 1 aliphatic rings. The highest BCUT2D eigenvalue weighted by atomic mass is 32.2. The number of para-hydroxylation sites is 1. The molecule has 0 atom stereocenters. The van der Waals surface area contributed by atoms with E-state index in [9.17, 15) is 8.42 Å². The van der Waals surface area contributed by atoms with Crippen LogP contribution >= 0.6 is 0 Å². The maximum absolute atomic E-state index is 11.6. The SMILES string of the molecule is NS(=O)(=O)C1(c2[nH]nc3ccccc23)CC1. The Morgan fingerprint density at radius 3 is 2.62 bits per heavy atom. The number of nitrogens with two attached hydrogens (primary N) is 1. The average molecular weight is 237 g/mol. The maximum atomic E-state index is 11.6. The van der Waals surface area contributed by atoms with Gasteiger partial charge in [0, 0.05) is 5.39 Å². The lowest BCUT2D eigenvalue weighted by Crippen LogP contribution is -2.28. The molecule has 84 valence electrons. The number of H-pyrrole nitrogens is 1. The van der Waals surface area contributed by atoms with E-state index in [1.165, 1.54) is 0 Å². The molecular weight excluding hydrogens is 226 g/mol. The fourth-order valence-electron chi connectivity index (χ4n) is 2.10. The molecule has 0 bridgehead atoms. The molecular formula is C10H11N3O2S. The smallest absolute Gasteiger partial charge is 0.220 e. The first-order valence-corrected chi connectivity index (χ1v) is 6.55. The van der Waals surface area contributed by atoms with Gasteiger partial charge in [-0.1, -0.05) is 18.2 Å². The van der Waals surface area contributed by atoms with E-state index in [0.717, 1.165) is 10.9 Å². The first-order valence-electron chi connectivity index (χ1n) is 5.00. The van der Waals surface area contributed by atoms with Crippen LogP contribution < -0.4 is 5.14 Å². The van der Waals surface area contributed by atoms with Crippen LogP contribution in [0.1, 0.15) is 18.5 Å². The Labute approximate surface area is 92.7 Å². The molecule has 1 saturated carbocycles. The summed E-state index contributed by atoms with van der Waals surface area (Å²) in [4.78, 5) is 0.